The number of ether oxygens (including phenoxy) is 1. The Hall–Kier alpha value is -1.92. The van der Waals surface area contributed by atoms with Gasteiger partial charge >= 0.3 is 5.97 Å². The molecular formula is C16H25N3O3. The Morgan fingerprint density at radius 1 is 1.18 bits per heavy atom. The zero-order valence-corrected chi connectivity index (χ0v) is 13.5. The Morgan fingerprint density at radius 3 is 2.45 bits per heavy atom. The summed E-state index contributed by atoms with van der Waals surface area (Å²) in [6.07, 6.45) is 0.995. The number of rotatable bonds is 9. The van der Waals surface area contributed by atoms with Crippen LogP contribution in [0.5, 0.6) is 0 Å². The van der Waals surface area contributed by atoms with Gasteiger partial charge in [-0.3, -0.25) is 4.79 Å². The second kappa shape index (κ2) is 9.92. The van der Waals surface area contributed by atoms with Crippen LogP contribution < -0.4 is 10.6 Å². The molecule has 1 amide bonds. The standard InChI is InChI=1S/C16H25N3O3/c1-4-22-16(21)13-6-8-14(9-7-13)18-15(20)12-17-10-5-11-19(2)3/h6-9,17H,4-5,10-12H2,1-3H3,(H,18,20). The summed E-state index contributed by atoms with van der Waals surface area (Å²) in [6, 6.07) is 6.66. The maximum atomic E-state index is 11.8. The van der Waals surface area contributed by atoms with Crippen LogP contribution in [0.3, 0.4) is 0 Å². The minimum Gasteiger partial charge on any atom is -0.462 e. The van der Waals surface area contributed by atoms with E-state index in [1.807, 2.05) is 14.1 Å². The van der Waals surface area contributed by atoms with Crippen molar-refractivity contribution in [3.05, 3.63) is 29.8 Å². The van der Waals surface area contributed by atoms with Crippen LogP contribution in [0.25, 0.3) is 0 Å². The highest BCUT2D eigenvalue weighted by molar-refractivity contribution is 5.93. The summed E-state index contributed by atoms with van der Waals surface area (Å²) in [5.41, 5.74) is 1.13. The summed E-state index contributed by atoms with van der Waals surface area (Å²) >= 11 is 0. The molecule has 1 aromatic carbocycles. The van der Waals surface area contributed by atoms with Gasteiger partial charge in [0.05, 0.1) is 18.7 Å². The number of esters is 1. The second-order valence-corrected chi connectivity index (χ2v) is 5.18. The molecule has 1 rings (SSSR count). The lowest BCUT2D eigenvalue weighted by molar-refractivity contribution is -0.115. The van der Waals surface area contributed by atoms with Crippen LogP contribution in [0.1, 0.15) is 23.7 Å². The first-order chi connectivity index (χ1) is 10.5. The monoisotopic (exact) mass is 307 g/mol. The van der Waals surface area contributed by atoms with E-state index in [1.165, 1.54) is 0 Å². The number of anilines is 1. The molecule has 0 radical (unpaired) electrons. The van der Waals surface area contributed by atoms with E-state index in [0.29, 0.717) is 17.9 Å². The molecule has 2 N–H and O–H groups in total. The molecule has 0 aliphatic carbocycles. The smallest absolute Gasteiger partial charge is 0.338 e. The topological polar surface area (TPSA) is 70.7 Å². The van der Waals surface area contributed by atoms with Gasteiger partial charge in [-0.2, -0.15) is 0 Å². The van der Waals surface area contributed by atoms with Gasteiger partial charge in [-0.25, -0.2) is 4.79 Å². The van der Waals surface area contributed by atoms with E-state index in [2.05, 4.69) is 15.5 Å². The lowest BCUT2D eigenvalue weighted by Gasteiger charge is -2.10. The fourth-order valence-electron chi connectivity index (χ4n) is 1.83. The Balaban J connectivity index is 2.31. The number of hydrogen-bond acceptors (Lipinski definition) is 5. The van der Waals surface area contributed by atoms with Gasteiger partial charge in [0.1, 0.15) is 0 Å². The molecule has 0 aliphatic heterocycles. The second-order valence-electron chi connectivity index (χ2n) is 5.18. The predicted molar refractivity (Wildman–Crippen MR) is 87.1 cm³/mol. The fraction of sp³-hybridized carbons (Fsp3) is 0.500. The first-order valence-corrected chi connectivity index (χ1v) is 7.45. The highest BCUT2D eigenvalue weighted by Crippen LogP contribution is 2.10. The third-order valence-electron chi connectivity index (χ3n) is 2.92. The van der Waals surface area contributed by atoms with Gasteiger partial charge in [0.25, 0.3) is 0 Å². The zero-order chi connectivity index (χ0) is 16.4. The molecule has 6 heteroatoms. The van der Waals surface area contributed by atoms with Gasteiger partial charge in [0.2, 0.25) is 5.91 Å². The molecule has 0 saturated carbocycles. The zero-order valence-electron chi connectivity index (χ0n) is 13.5. The number of benzene rings is 1. The van der Waals surface area contributed by atoms with Crippen molar-refractivity contribution >= 4 is 17.6 Å². The van der Waals surface area contributed by atoms with E-state index < -0.39 is 0 Å². The van der Waals surface area contributed by atoms with Crippen LogP contribution in [-0.2, 0) is 9.53 Å². The van der Waals surface area contributed by atoms with E-state index in [4.69, 9.17) is 4.74 Å². The van der Waals surface area contributed by atoms with Gasteiger partial charge in [-0.1, -0.05) is 0 Å². The summed E-state index contributed by atoms with van der Waals surface area (Å²) in [6.45, 7) is 4.17. The molecule has 0 spiro atoms. The van der Waals surface area contributed by atoms with Crippen molar-refractivity contribution in [1.82, 2.24) is 10.2 Å². The molecule has 0 unspecified atom stereocenters. The van der Waals surface area contributed by atoms with E-state index in [0.717, 1.165) is 19.5 Å². The quantitative estimate of drug-likeness (QED) is 0.532. The average Bonchev–Trinajstić information content (AvgIpc) is 2.47. The molecule has 0 heterocycles. The number of carbonyl (C=O) groups is 2. The summed E-state index contributed by atoms with van der Waals surface area (Å²) < 4.78 is 4.90. The minimum atomic E-state index is -0.358. The lowest BCUT2D eigenvalue weighted by atomic mass is 10.2. The van der Waals surface area contributed by atoms with Crippen molar-refractivity contribution < 1.29 is 14.3 Å². The molecule has 122 valence electrons. The fourth-order valence-corrected chi connectivity index (χ4v) is 1.83. The molecular weight excluding hydrogens is 282 g/mol. The van der Waals surface area contributed by atoms with Crippen LogP contribution in [0.15, 0.2) is 24.3 Å². The molecule has 0 bridgehead atoms. The molecule has 6 nitrogen and oxygen atoms in total. The van der Waals surface area contributed by atoms with Gasteiger partial charge in [-0.05, 0) is 64.8 Å². The molecule has 0 aliphatic rings. The Morgan fingerprint density at radius 2 is 1.86 bits per heavy atom. The van der Waals surface area contributed by atoms with Crippen molar-refractivity contribution in [2.24, 2.45) is 0 Å². The average molecular weight is 307 g/mol. The third kappa shape index (κ3) is 7.19. The number of carbonyl (C=O) groups excluding carboxylic acids is 2. The van der Waals surface area contributed by atoms with E-state index in [-0.39, 0.29) is 18.4 Å². The molecule has 0 aromatic heterocycles. The Labute approximate surface area is 131 Å². The van der Waals surface area contributed by atoms with Crippen LogP contribution >= 0.6 is 0 Å². The van der Waals surface area contributed by atoms with Crippen LogP contribution in [-0.4, -0.2) is 57.1 Å². The van der Waals surface area contributed by atoms with Crippen molar-refractivity contribution in [1.29, 1.82) is 0 Å². The van der Waals surface area contributed by atoms with Crippen LogP contribution in [0.2, 0.25) is 0 Å². The lowest BCUT2D eigenvalue weighted by Crippen LogP contribution is -2.30. The van der Waals surface area contributed by atoms with E-state index in [1.54, 1.807) is 31.2 Å². The molecule has 0 saturated heterocycles. The number of nitrogens with one attached hydrogen (secondary N) is 2. The summed E-state index contributed by atoms with van der Waals surface area (Å²) in [5, 5.41) is 5.87. The number of nitrogens with zero attached hydrogens (tertiary/aromatic N) is 1. The highest BCUT2D eigenvalue weighted by Gasteiger charge is 2.07. The number of hydrogen-bond donors (Lipinski definition) is 2. The molecule has 0 fully saturated rings. The third-order valence-corrected chi connectivity index (χ3v) is 2.92. The SMILES string of the molecule is CCOC(=O)c1ccc(NC(=O)CNCCCN(C)C)cc1. The minimum absolute atomic E-state index is 0.103. The van der Waals surface area contributed by atoms with E-state index >= 15 is 0 Å². The van der Waals surface area contributed by atoms with Gasteiger partial charge in [0.15, 0.2) is 0 Å². The maximum absolute atomic E-state index is 11.8. The van der Waals surface area contributed by atoms with Crippen LogP contribution in [0, 0.1) is 0 Å². The first-order valence-electron chi connectivity index (χ1n) is 7.45. The van der Waals surface area contributed by atoms with Crippen molar-refractivity contribution in [3.8, 4) is 0 Å². The van der Waals surface area contributed by atoms with Crippen LogP contribution in [0.4, 0.5) is 5.69 Å². The highest BCUT2D eigenvalue weighted by atomic mass is 16.5. The Bertz CT molecular complexity index is 472. The van der Waals surface area contributed by atoms with Crippen molar-refractivity contribution in [2.75, 3.05) is 45.7 Å². The van der Waals surface area contributed by atoms with Crippen molar-refractivity contribution in [2.45, 2.75) is 13.3 Å². The summed E-state index contributed by atoms with van der Waals surface area (Å²) in [4.78, 5) is 25.4. The van der Waals surface area contributed by atoms with Crippen molar-refractivity contribution in [3.63, 3.8) is 0 Å². The maximum Gasteiger partial charge on any atom is 0.338 e. The Kier molecular flexibility index (Phi) is 8.17. The predicted octanol–water partition coefficient (Wildman–Crippen LogP) is 1.34. The van der Waals surface area contributed by atoms with Gasteiger partial charge < -0.3 is 20.3 Å². The van der Waals surface area contributed by atoms with Gasteiger partial charge in [0, 0.05) is 5.69 Å². The molecule has 1 aromatic rings. The van der Waals surface area contributed by atoms with E-state index in [9.17, 15) is 9.59 Å². The normalized spacial score (nSPS) is 10.5. The summed E-state index contributed by atoms with van der Waals surface area (Å²) in [5.74, 6) is -0.461. The largest absolute Gasteiger partial charge is 0.462 e. The molecule has 0 atom stereocenters. The first kappa shape index (κ1) is 18.1. The summed E-state index contributed by atoms with van der Waals surface area (Å²) in [7, 11) is 4.04. The number of amides is 1. The van der Waals surface area contributed by atoms with Gasteiger partial charge in [-0.15, -0.1) is 0 Å². The molecule has 22 heavy (non-hydrogen) atoms.